The summed E-state index contributed by atoms with van der Waals surface area (Å²) in [6.07, 6.45) is 2.27. The molecule has 1 unspecified atom stereocenters. The second-order valence-corrected chi connectivity index (χ2v) is 4.36. The molecule has 0 spiro atoms. The SMILES string of the molecule is CCCCN(CCN)C(C)C(=O)N(CC)CC. The highest BCUT2D eigenvalue weighted by molar-refractivity contribution is 5.81. The highest BCUT2D eigenvalue weighted by Gasteiger charge is 2.23. The van der Waals surface area contributed by atoms with Gasteiger partial charge in [0.05, 0.1) is 6.04 Å². The first kappa shape index (κ1) is 16.4. The molecule has 0 aliphatic rings. The Morgan fingerprint density at radius 2 is 1.76 bits per heavy atom. The first-order valence-electron chi connectivity index (χ1n) is 6.85. The van der Waals surface area contributed by atoms with Crippen LogP contribution in [0, 0.1) is 0 Å². The smallest absolute Gasteiger partial charge is 0.239 e. The molecule has 0 saturated heterocycles. The van der Waals surface area contributed by atoms with Gasteiger partial charge in [0, 0.05) is 26.2 Å². The molecule has 0 heterocycles. The average Bonchev–Trinajstić information content (AvgIpc) is 2.35. The van der Waals surface area contributed by atoms with Crippen molar-refractivity contribution in [1.82, 2.24) is 9.80 Å². The molecule has 0 aromatic rings. The van der Waals surface area contributed by atoms with E-state index < -0.39 is 0 Å². The van der Waals surface area contributed by atoms with Crippen LogP contribution < -0.4 is 5.73 Å². The summed E-state index contributed by atoms with van der Waals surface area (Å²) in [5, 5.41) is 0. The third-order valence-electron chi connectivity index (χ3n) is 3.20. The summed E-state index contributed by atoms with van der Waals surface area (Å²) in [6.45, 7) is 12.1. The van der Waals surface area contributed by atoms with E-state index in [2.05, 4.69) is 11.8 Å². The zero-order valence-electron chi connectivity index (χ0n) is 11.9. The molecule has 0 bridgehead atoms. The van der Waals surface area contributed by atoms with Crippen LogP contribution in [0.5, 0.6) is 0 Å². The van der Waals surface area contributed by atoms with Crippen molar-refractivity contribution < 1.29 is 4.79 Å². The van der Waals surface area contributed by atoms with E-state index in [0.29, 0.717) is 6.54 Å². The number of nitrogens with zero attached hydrogens (tertiary/aromatic N) is 2. The van der Waals surface area contributed by atoms with Gasteiger partial charge in [-0.15, -0.1) is 0 Å². The van der Waals surface area contributed by atoms with Crippen LogP contribution in [0.2, 0.25) is 0 Å². The molecule has 0 aromatic heterocycles. The number of unbranched alkanes of at least 4 members (excludes halogenated alkanes) is 1. The minimum Gasteiger partial charge on any atom is -0.342 e. The quantitative estimate of drug-likeness (QED) is 0.664. The molecule has 4 heteroatoms. The second kappa shape index (κ2) is 9.42. The van der Waals surface area contributed by atoms with Crippen LogP contribution in [-0.2, 0) is 4.79 Å². The van der Waals surface area contributed by atoms with Gasteiger partial charge in [0.25, 0.3) is 0 Å². The zero-order valence-corrected chi connectivity index (χ0v) is 11.9. The molecule has 17 heavy (non-hydrogen) atoms. The molecule has 2 N–H and O–H groups in total. The topological polar surface area (TPSA) is 49.6 Å². The van der Waals surface area contributed by atoms with E-state index in [1.807, 2.05) is 25.7 Å². The van der Waals surface area contributed by atoms with Crippen LogP contribution in [0.1, 0.15) is 40.5 Å². The standard InChI is InChI=1S/C13H29N3O/c1-5-8-10-16(11-9-14)12(4)13(17)15(6-2)7-3/h12H,5-11,14H2,1-4H3. The van der Waals surface area contributed by atoms with Gasteiger partial charge in [-0.1, -0.05) is 13.3 Å². The van der Waals surface area contributed by atoms with E-state index in [1.54, 1.807) is 0 Å². The monoisotopic (exact) mass is 243 g/mol. The van der Waals surface area contributed by atoms with Gasteiger partial charge in [0.15, 0.2) is 0 Å². The van der Waals surface area contributed by atoms with Gasteiger partial charge in [-0.2, -0.15) is 0 Å². The number of amides is 1. The number of hydrogen-bond acceptors (Lipinski definition) is 3. The molecule has 1 atom stereocenters. The van der Waals surface area contributed by atoms with Crippen molar-refractivity contribution in [2.45, 2.75) is 46.6 Å². The van der Waals surface area contributed by atoms with E-state index in [-0.39, 0.29) is 11.9 Å². The van der Waals surface area contributed by atoms with Crippen molar-refractivity contribution in [2.24, 2.45) is 5.73 Å². The summed E-state index contributed by atoms with van der Waals surface area (Å²) < 4.78 is 0. The van der Waals surface area contributed by atoms with Gasteiger partial charge in [-0.05, 0) is 33.7 Å². The average molecular weight is 243 g/mol. The third kappa shape index (κ3) is 5.50. The Kier molecular flexibility index (Phi) is 9.09. The molecule has 0 aliphatic heterocycles. The fraction of sp³-hybridized carbons (Fsp3) is 0.923. The Morgan fingerprint density at radius 3 is 2.18 bits per heavy atom. The Morgan fingerprint density at radius 1 is 1.18 bits per heavy atom. The largest absolute Gasteiger partial charge is 0.342 e. The highest BCUT2D eigenvalue weighted by Crippen LogP contribution is 2.06. The predicted molar refractivity (Wildman–Crippen MR) is 72.9 cm³/mol. The van der Waals surface area contributed by atoms with E-state index in [9.17, 15) is 4.79 Å². The van der Waals surface area contributed by atoms with Gasteiger partial charge in [-0.25, -0.2) is 0 Å². The molecule has 4 nitrogen and oxygen atoms in total. The number of hydrogen-bond donors (Lipinski definition) is 1. The van der Waals surface area contributed by atoms with Gasteiger partial charge in [0.1, 0.15) is 0 Å². The normalized spacial score (nSPS) is 12.8. The Balaban J connectivity index is 4.46. The summed E-state index contributed by atoms with van der Waals surface area (Å²) in [5.74, 6) is 0.222. The first-order valence-corrected chi connectivity index (χ1v) is 6.85. The molecular formula is C13H29N3O. The maximum atomic E-state index is 12.2. The lowest BCUT2D eigenvalue weighted by atomic mass is 10.2. The minimum absolute atomic E-state index is 0.0509. The highest BCUT2D eigenvalue weighted by atomic mass is 16.2. The molecule has 0 radical (unpaired) electrons. The Labute approximate surface area is 106 Å². The lowest BCUT2D eigenvalue weighted by molar-refractivity contribution is -0.136. The van der Waals surface area contributed by atoms with Crippen LogP contribution in [0.3, 0.4) is 0 Å². The van der Waals surface area contributed by atoms with Gasteiger partial charge >= 0.3 is 0 Å². The van der Waals surface area contributed by atoms with Crippen LogP contribution in [-0.4, -0.2) is 54.5 Å². The Hall–Kier alpha value is -0.610. The molecular weight excluding hydrogens is 214 g/mol. The van der Waals surface area contributed by atoms with Gasteiger partial charge < -0.3 is 10.6 Å². The van der Waals surface area contributed by atoms with Crippen LogP contribution in [0.25, 0.3) is 0 Å². The molecule has 0 aliphatic carbocycles. The van der Waals surface area contributed by atoms with Crippen molar-refractivity contribution in [1.29, 1.82) is 0 Å². The zero-order chi connectivity index (χ0) is 13.3. The molecule has 1 amide bonds. The van der Waals surface area contributed by atoms with E-state index in [4.69, 9.17) is 5.73 Å². The number of likely N-dealkylation sites (N-methyl/N-ethyl adjacent to an activating group) is 1. The van der Waals surface area contributed by atoms with Crippen molar-refractivity contribution in [3.8, 4) is 0 Å². The first-order chi connectivity index (χ1) is 8.12. The molecule has 0 rings (SSSR count). The van der Waals surface area contributed by atoms with Crippen molar-refractivity contribution in [3.05, 3.63) is 0 Å². The summed E-state index contributed by atoms with van der Waals surface area (Å²) in [5.41, 5.74) is 5.61. The summed E-state index contributed by atoms with van der Waals surface area (Å²) in [6, 6.07) is -0.0509. The van der Waals surface area contributed by atoms with Crippen LogP contribution >= 0.6 is 0 Å². The summed E-state index contributed by atoms with van der Waals surface area (Å²) >= 11 is 0. The Bertz CT molecular complexity index is 205. The maximum absolute atomic E-state index is 12.2. The number of nitrogens with two attached hydrogens (primary N) is 1. The molecule has 0 saturated carbocycles. The molecule has 0 fully saturated rings. The minimum atomic E-state index is -0.0509. The summed E-state index contributed by atoms with van der Waals surface area (Å²) in [4.78, 5) is 16.3. The van der Waals surface area contributed by atoms with Crippen LogP contribution in [0.15, 0.2) is 0 Å². The van der Waals surface area contributed by atoms with E-state index in [1.165, 1.54) is 0 Å². The fourth-order valence-corrected chi connectivity index (χ4v) is 1.98. The summed E-state index contributed by atoms with van der Waals surface area (Å²) in [7, 11) is 0. The maximum Gasteiger partial charge on any atom is 0.239 e. The van der Waals surface area contributed by atoms with Gasteiger partial charge in [-0.3, -0.25) is 9.69 Å². The molecule has 102 valence electrons. The number of carbonyl (C=O) groups excluding carboxylic acids is 1. The molecule has 0 aromatic carbocycles. The van der Waals surface area contributed by atoms with Crippen molar-refractivity contribution >= 4 is 5.91 Å². The van der Waals surface area contributed by atoms with Gasteiger partial charge in [0.2, 0.25) is 5.91 Å². The second-order valence-electron chi connectivity index (χ2n) is 4.36. The lowest BCUT2D eigenvalue weighted by Crippen LogP contribution is -2.48. The van der Waals surface area contributed by atoms with E-state index >= 15 is 0 Å². The third-order valence-corrected chi connectivity index (χ3v) is 3.20. The predicted octanol–water partition coefficient (Wildman–Crippen LogP) is 1.30. The van der Waals surface area contributed by atoms with E-state index in [0.717, 1.165) is 39.0 Å². The van der Waals surface area contributed by atoms with Crippen molar-refractivity contribution in [2.75, 3.05) is 32.7 Å². The van der Waals surface area contributed by atoms with Crippen molar-refractivity contribution in [3.63, 3.8) is 0 Å². The van der Waals surface area contributed by atoms with Crippen LogP contribution in [0.4, 0.5) is 0 Å². The fourth-order valence-electron chi connectivity index (χ4n) is 1.98. The number of carbonyl (C=O) groups is 1. The number of rotatable bonds is 9. The lowest BCUT2D eigenvalue weighted by Gasteiger charge is -2.31.